The molecule has 0 bridgehead atoms. The van der Waals surface area contributed by atoms with Crippen LogP contribution in [-0.2, 0) is 33.4 Å². The minimum atomic E-state index is -1.37. The van der Waals surface area contributed by atoms with Crippen molar-refractivity contribution in [1.29, 1.82) is 0 Å². The molecule has 0 aromatic carbocycles. The number of amides is 1. The van der Waals surface area contributed by atoms with Crippen LogP contribution in [0.5, 0.6) is 0 Å². The largest absolute Gasteiger partial charge is 0.464 e. The van der Waals surface area contributed by atoms with Crippen molar-refractivity contribution in [2.75, 3.05) is 19.8 Å². The Balaban J connectivity index is 1.82. The summed E-state index contributed by atoms with van der Waals surface area (Å²) in [6, 6.07) is 4.90. The minimum Gasteiger partial charge on any atom is -0.464 e. The van der Waals surface area contributed by atoms with Gasteiger partial charge in [0.05, 0.1) is 24.1 Å². The first-order valence-electron chi connectivity index (χ1n) is 12.9. The van der Waals surface area contributed by atoms with Crippen LogP contribution in [0.4, 0.5) is 0 Å². The van der Waals surface area contributed by atoms with Crippen molar-refractivity contribution in [2.24, 2.45) is 17.8 Å². The summed E-state index contributed by atoms with van der Waals surface area (Å²) in [6.45, 7) is 3.94. The lowest BCUT2D eigenvalue weighted by Gasteiger charge is -2.29. The molecule has 1 aliphatic heterocycles. The van der Waals surface area contributed by atoms with E-state index in [1.165, 1.54) is 6.20 Å². The van der Waals surface area contributed by atoms with Gasteiger partial charge in [-0.25, -0.2) is 0 Å². The summed E-state index contributed by atoms with van der Waals surface area (Å²) in [5.41, 5.74) is 1.14. The Hall–Kier alpha value is -3.49. The van der Waals surface area contributed by atoms with Crippen LogP contribution in [0.1, 0.15) is 64.2 Å². The lowest BCUT2D eigenvalue weighted by Crippen LogP contribution is -2.40. The molecule has 1 aromatic rings. The number of esters is 3. The maximum atomic E-state index is 13.3. The minimum absolute atomic E-state index is 0.153. The monoisotopic (exact) mass is 512 g/mol. The Morgan fingerprint density at radius 3 is 2.46 bits per heavy atom. The molecule has 37 heavy (non-hydrogen) atoms. The number of aromatic nitrogens is 1. The molecular formula is C28H36N2O7. The van der Waals surface area contributed by atoms with Crippen LogP contribution < -0.4 is 5.32 Å². The van der Waals surface area contributed by atoms with Gasteiger partial charge in [0.25, 0.3) is 5.91 Å². The second-order valence-corrected chi connectivity index (χ2v) is 9.60. The molecule has 1 amide bonds. The average Bonchev–Trinajstić information content (AvgIpc) is 2.90. The molecule has 1 aromatic heterocycles. The first-order chi connectivity index (χ1) is 17.8. The van der Waals surface area contributed by atoms with Crippen LogP contribution >= 0.6 is 0 Å². The molecule has 0 saturated heterocycles. The second-order valence-electron chi connectivity index (χ2n) is 9.60. The van der Waals surface area contributed by atoms with E-state index in [2.05, 4.69) is 23.3 Å². The quantitative estimate of drug-likeness (QED) is 0.344. The highest BCUT2D eigenvalue weighted by Gasteiger charge is 2.40. The van der Waals surface area contributed by atoms with Crippen molar-refractivity contribution in [3.8, 4) is 0 Å². The zero-order valence-corrected chi connectivity index (χ0v) is 21.5. The Labute approximate surface area is 217 Å². The normalized spacial score (nSPS) is 29.6. The molecule has 1 aliphatic carbocycles. The molecule has 1 fully saturated rings. The van der Waals surface area contributed by atoms with Crippen LogP contribution in [0.15, 0.2) is 48.2 Å². The van der Waals surface area contributed by atoms with E-state index in [1.54, 1.807) is 18.2 Å². The first kappa shape index (κ1) is 28.1. The van der Waals surface area contributed by atoms with Crippen LogP contribution in [0.2, 0.25) is 0 Å². The van der Waals surface area contributed by atoms with Gasteiger partial charge in [-0.05, 0) is 56.2 Å². The summed E-state index contributed by atoms with van der Waals surface area (Å²) >= 11 is 0. The van der Waals surface area contributed by atoms with E-state index < -0.39 is 41.8 Å². The van der Waals surface area contributed by atoms with Gasteiger partial charge in [0.15, 0.2) is 0 Å². The summed E-state index contributed by atoms with van der Waals surface area (Å²) in [4.78, 5) is 55.5. The highest BCUT2D eigenvalue weighted by atomic mass is 16.6. The highest BCUT2D eigenvalue weighted by Crippen LogP contribution is 2.33. The zero-order chi connectivity index (χ0) is 26.6. The van der Waals surface area contributed by atoms with Crippen molar-refractivity contribution < 1.29 is 33.4 Å². The topological polar surface area (TPSA) is 121 Å². The number of cyclic esters (lactones) is 3. The van der Waals surface area contributed by atoms with E-state index in [4.69, 9.17) is 14.2 Å². The number of allylic oxidation sites excluding steroid dienone is 2. The van der Waals surface area contributed by atoms with E-state index in [0.717, 1.165) is 24.8 Å². The van der Waals surface area contributed by atoms with Crippen LogP contribution in [0, 0.1) is 17.8 Å². The Morgan fingerprint density at radius 1 is 0.973 bits per heavy atom. The highest BCUT2D eigenvalue weighted by molar-refractivity contribution is 5.89. The first-order valence-corrected chi connectivity index (χ1v) is 12.9. The average molecular weight is 513 g/mol. The van der Waals surface area contributed by atoms with E-state index in [9.17, 15) is 19.2 Å². The van der Waals surface area contributed by atoms with Crippen molar-refractivity contribution in [3.05, 3.63) is 53.9 Å². The van der Waals surface area contributed by atoms with Gasteiger partial charge in [-0.3, -0.25) is 24.2 Å². The standard InChI is InChI=1S/C28H36N2O7/c1-19-10-4-3-9-15-35-24(31)17-30-26(32)25(23-13-7-8-14-29-23)37-28(34)22-12-6-5-11-21(22)27(33)36-18-20(2)16-19/h3-4,7-8,13-14,16,19,21-22,25H,5-6,9-12,15,17-18H2,1-2H3,(H,30,32)/b4-3-,20-16-. The van der Waals surface area contributed by atoms with Gasteiger partial charge in [0.2, 0.25) is 6.10 Å². The lowest BCUT2D eigenvalue weighted by atomic mass is 9.79. The van der Waals surface area contributed by atoms with Gasteiger partial charge < -0.3 is 19.5 Å². The molecule has 9 nitrogen and oxygen atoms in total. The van der Waals surface area contributed by atoms with E-state index in [-0.39, 0.29) is 31.4 Å². The predicted octanol–water partition coefficient (Wildman–Crippen LogP) is 3.61. The van der Waals surface area contributed by atoms with Gasteiger partial charge >= 0.3 is 17.9 Å². The Bertz CT molecular complexity index is 1010. The summed E-state index contributed by atoms with van der Waals surface area (Å²) in [5, 5.41) is 2.48. The Kier molecular flexibility index (Phi) is 10.9. The third-order valence-corrected chi connectivity index (χ3v) is 6.44. The van der Waals surface area contributed by atoms with Crippen LogP contribution in [-0.4, -0.2) is 48.6 Å². The molecule has 4 atom stereocenters. The summed E-state index contributed by atoms with van der Waals surface area (Å²) in [7, 11) is 0. The van der Waals surface area contributed by atoms with Crippen molar-refractivity contribution >= 4 is 23.8 Å². The summed E-state index contributed by atoms with van der Waals surface area (Å²) in [5.74, 6) is -3.52. The van der Waals surface area contributed by atoms with Crippen molar-refractivity contribution in [3.63, 3.8) is 0 Å². The fourth-order valence-electron chi connectivity index (χ4n) is 4.54. The number of hydrogen-bond acceptors (Lipinski definition) is 8. The van der Waals surface area contributed by atoms with E-state index in [1.807, 2.05) is 19.1 Å². The van der Waals surface area contributed by atoms with Gasteiger partial charge in [-0.15, -0.1) is 0 Å². The van der Waals surface area contributed by atoms with Gasteiger partial charge in [0.1, 0.15) is 13.2 Å². The molecule has 1 N–H and O–H groups in total. The summed E-state index contributed by atoms with van der Waals surface area (Å²) < 4.78 is 16.4. The van der Waals surface area contributed by atoms with Gasteiger partial charge in [0, 0.05) is 6.20 Å². The summed E-state index contributed by atoms with van der Waals surface area (Å²) in [6.07, 6.45) is 9.99. The number of carbonyl (C=O) groups excluding carboxylic acids is 4. The third kappa shape index (κ3) is 8.84. The maximum Gasteiger partial charge on any atom is 0.325 e. The van der Waals surface area contributed by atoms with Crippen molar-refractivity contribution in [2.45, 2.75) is 58.5 Å². The fourth-order valence-corrected chi connectivity index (χ4v) is 4.54. The molecule has 2 heterocycles. The molecule has 3 rings (SSSR count). The molecule has 0 spiro atoms. The number of nitrogens with zero attached hydrogens (tertiary/aromatic N) is 1. The molecule has 200 valence electrons. The van der Waals surface area contributed by atoms with Crippen molar-refractivity contribution in [1.82, 2.24) is 10.3 Å². The molecular weight excluding hydrogens is 476 g/mol. The molecule has 4 unspecified atom stereocenters. The van der Waals surface area contributed by atoms with Gasteiger partial charge in [-0.1, -0.05) is 44.1 Å². The van der Waals surface area contributed by atoms with Gasteiger partial charge in [-0.2, -0.15) is 0 Å². The van der Waals surface area contributed by atoms with Crippen LogP contribution in [0.3, 0.4) is 0 Å². The smallest absolute Gasteiger partial charge is 0.325 e. The maximum absolute atomic E-state index is 13.3. The number of carbonyl (C=O) groups is 4. The lowest BCUT2D eigenvalue weighted by molar-refractivity contribution is -0.169. The number of nitrogens with one attached hydrogen (secondary N) is 1. The number of hydrogen-bond donors (Lipinski definition) is 1. The molecule has 1 saturated carbocycles. The molecule has 0 radical (unpaired) electrons. The molecule has 2 aliphatic rings. The van der Waals surface area contributed by atoms with Crippen LogP contribution in [0.25, 0.3) is 0 Å². The predicted molar refractivity (Wildman–Crippen MR) is 135 cm³/mol. The fraction of sp³-hybridized carbons (Fsp3) is 0.536. The second kappa shape index (κ2) is 14.3. The SMILES string of the molecule is C/C1=C/C(C)C/C=C\CCOC(=O)CNC(=O)C(c2ccccn2)OC(=O)C2CCCCC2C(=O)OC1. The number of pyridine rings is 1. The Morgan fingerprint density at radius 2 is 1.73 bits per heavy atom. The number of fused-ring (bicyclic) bond motifs is 1. The third-order valence-electron chi connectivity index (χ3n) is 6.44. The van der Waals surface area contributed by atoms with E-state index in [0.29, 0.717) is 19.3 Å². The number of ether oxygens (including phenoxy) is 3. The number of rotatable bonds is 1. The molecule has 9 heteroatoms. The zero-order valence-electron chi connectivity index (χ0n) is 21.5. The van der Waals surface area contributed by atoms with E-state index >= 15 is 0 Å².